The number of aliphatic hydroxyl groups is 5. The van der Waals surface area contributed by atoms with E-state index in [1.54, 1.807) is 32.9 Å². The molecule has 5 aliphatic rings. The van der Waals surface area contributed by atoms with Gasteiger partial charge in [0.25, 0.3) is 0 Å². The minimum Gasteiger partial charge on any atom is -0.462 e. The van der Waals surface area contributed by atoms with Gasteiger partial charge in [0, 0.05) is 38.4 Å². The third-order valence-electron chi connectivity index (χ3n) is 15.8. The number of carbonyl (C=O) groups is 2. The molecule has 0 spiro atoms. The van der Waals surface area contributed by atoms with Crippen molar-refractivity contribution in [3.8, 4) is 0 Å². The zero-order chi connectivity index (χ0) is 52.3. The number of likely N-dealkylation sites (N-methyl/N-ethyl adjacent to an activating group) is 1. The lowest BCUT2D eigenvalue weighted by atomic mass is 9.79. The molecule has 410 valence electrons. The molecular formula is C53H92N2O16. The Kier molecular flexibility index (Phi) is 23.4. The maximum Gasteiger partial charge on any atom is 0.308 e. The van der Waals surface area contributed by atoms with Crippen LogP contribution in [0, 0.1) is 23.7 Å². The van der Waals surface area contributed by atoms with Gasteiger partial charge in [-0.25, -0.2) is 0 Å². The van der Waals surface area contributed by atoms with Gasteiger partial charge >= 0.3 is 5.97 Å². The number of methoxy groups -OCH3 is 2. The highest BCUT2D eigenvalue weighted by molar-refractivity contribution is 5.91. The second-order valence-electron chi connectivity index (χ2n) is 21.7. The highest BCUT2D eigenvalue weighted by Crippen LogP contribution is 2.38. The summed E-state index contributed by atoms with van der Waals surface area (Å²) in [5, 5.41) is 56.8. The molecule has 18 nitrogen and oxygen atoms in total. The van der Waals surface area contributed by atoms with Crippen LogP contribution in [0.1, 0.15) is 120 Å². The lowest BCUT2D eigenvalue weighted by Gasteiger charge is -2.50. The molecule has 5 rings (SSSR count). The molecule has 5 heterocycles. The summed E-state index contributed by atoms with van der Waals surface area (Å²) in [6, 6.07) is -0.688. The number of allylic oxidation sites excluding steroid dienone is 3. The number of ketones is 1. The first-order valence-electron chi connectivity index (χ1n) is 26.5. The third kappa shape index (κ3) is 16.0. The molecule has 0 amide bonds. The van der Waals surface area contributed by atoms with E-state index in [0.29, 0.717) is 19.3 Å². The van der Waals surface area contributed by atoms with E-state index in [2.05, 4.69) is 4.90 Å². The van der Waals surface area contributed by atoms with Crippen molar-refractivity contribution in [3.63, 3.8) is 0 Å². The molecule has 0 saturated carbocycles. The summed E-state index contributed by atoms with van der Waals surface area (Å²) in [5.74, 6) is -2.73. The second kappa shape index (κ2) is 27.7. The van der Waals surface area contributed by atoms with Crippen LogP contribution in [0.15, 0.2) is 23.8 Å². The maximum absolute atomic E-state index is 14.2. The number of rotatable bonds is 14. The van der Waals surface area contributed by atoms with Crippen LogP contribution in [0.4, 0.5) is 0 Å². The van der Waals surface area contributed by atoms with Crippen LogP contribution in [-0.4, -0.2) is 205 Å². The molecule has 0 aromatic rings. The third-order valence-corrected chi connectivity index (χ3v) is 15.8. The summed E-state index contributed by atoms with van der Waals surface area (Å²) in [4.78, 5) is 32.6. The van der Waals surface area contributed by atoms with E-state index in [-0.39, 0.29) is 31.1 Å². The lowest BCUT2D eigenvalue weighted by molar-refractivity contribution is -0.342. The SMILES string of the molecule is CC[C@H]1OC(=O)C[C@@H](O)[C@H](C)[C@@H](O[C@@H]2O[C@H](C)[C@@H](O[C@H]3C[C@@](C)(O)[C@@H](O)[C@H](C)O3)[C@H](N(C)C)[C@H]2O)[C@@H](CCN2CCCCCCC2)C[C@@H](C)C(=O)/C=C/C(C)=C/[C@@H]1CO[C@@H]1O[C@H](C)[C@@H](O)[C@@H](OC)[C@H]1OC. The Balaban J connectivity index is 1.46. The fourth-order valence-corrected chi connectivity index (χ4v) is 11.3. The number of likely N-dealkylation sites (tertiary alicyclic amines) is 1. The van der Waals surface area contributed by atoms with Gasteiger partial charge in [-0.15, -0.1) is 0 Å². The van der Waals surface area contributed by atoms with Crippen molar-refractivity contribution in [2.45, 2.75) is 223 Å². The highest BCUT2D eigenvalue weighted by Gasteiger charge is 2.52. The summed E-state index contributed by atoms with van der Waals surface area (Å²) in [6.45, 7) is 16.9. The van der Waals surface area contributed by atoms with Gasteiger partial charge in [-0.2, -0.15) is 0 Å². The largest absolute Gasteiger partial charge is 0.462 e. The first-order chi connectivity index (χ1) is 33.6. The van der Waals surface area contributed by atoms with Gasteiger partial charge < -0.3 is 78.0 Å². The molecular weight excluding hydrogens is 921 g/mol. The Hall–Kier alpha value is -1.98. The summed E-state index contributed by atoms with van der Waals surface area (Å²) >= 11 is 0. The smallest absolute Gasteiger partial charge is 0.308 e. The zero-order valence-corrected chi connectivity index (χ0v) is 44.8. The number of hydrogen-bond acceptors (Lipinski definition) is 18. The van der Waals surface area contributed by atoms with Crippen molar-refractivity contribution in [2.75, 3.05) is 54.6 Å². The molecule has 0 aliphatic carbocycles. The normalized spacial score (nSPS) is 44.6. The molecule has 71 heavy (non-hydrogen) atoms. The van der Waals surface area contributed by atoms with Gasteiger partial charge in [0.1, 0.15) is 42.7 Å². The van der Waals surface area contributed by atoms with E-state index >= 15 is 0 Å². The Bertz CT molecular complexity index is 1690. The van der Waals surface area contributed by atoms with E-state index < -0.39 is 127 Å². The van der Waals surface area contributed by atoms with E-state index in [1.807, 2.05) is 59.7 Å². The predicted octanol–water partition coefficient (Wildman–Crippen LogP) is 3.90. The average Bonchev–Trinajstić information content (AvgIpc) is 3.30. The minimum absolute atomic E-state index is 0.00347. The Morgan fingerprint density at radius 1 is 0.803 bits per heavy atom. The van der Waals surface area contributed by atoms with Crippen molar-refractivity contribution >= 4 is 11.8 Å². The molecule has 0 radical (unpaired) electrons. The van der Waals surface area contributed by atoms with E-state index in [4.69, 9.17) is 42.6 Å². The van der Waals surface area contributed by atoms with Crippen LogP contribution < -0.4 is 0 Å². The minimum atomic E-state index is -1.47. The van der Waals surface area contributed by atoms with Crippen molar-refractivity contribution in [1.29, 1.82) is 0 Å². The monoisotopic (exact) mass is 1010 g/mol. The first kappa shape index (κ1) is 59.9. The summed E-state index contributed by atoms with van der Waals surface area (Å²) in [7, 11) is 6.62. The van der Waals surface area contributed by atoms with Gasteiger partial charge in [-0.1, -0.05) is 57.8 Å². The summed E-state index contributed by atoms with van der Waals surface area (Å²) in [6.07, 6.45) is -1.29. The van der Waals surface area contributed by atoms with Gasteiger partial charge in [-0.3, -0.25) is 9.59 Å². The van der Waals surface area contributed by atoms with Crippen LogP contribution in [0.3, 0.4) is 0 Å². The van der Waals surface area contributed by atoms with Crippen molar-refractivity contribution in [2.24, 2.45) is 23.7 Å². The maximum atomic E-state index is 14.2. The second-order valence-corrected chi connectivity index (χ2v) is 21.7. The van der Waals surface area contributed by atoms with Crippen LogP contribution in [0.25, 0.3) is 0 Å². The Morgan fingerprint density at radius 3 is 2.07 bits per heavy atom. The van der Waals surface area contributed by atoms with Gasteiger partial charge in [0.05, 0.1) is 55.2 Å². The summed E-state index contributed by atoms with van der Waals surface area (Å²) in [5.41, 5.74) is -0.720. The standard InChI is InChI=1S/C53H92N2O16/c1-13-40-37(29-65-52-49(64-12)48(63-11)44(59)33(5)67-52)25-30(2)19-20-38(56)31(3)26-36(21-24-55-22-17-15-14-16-18-23-55)46(32(4)39(57)27-41(58)69-40)71-51-45(60)43(54(9)10)47(34(6)68-51)70-42-28-53(8,62)50(61)35(7)66-42/h19-20,25,31-37,39-40,42-52,57,59-62H,13-18,21-24,26-29H2,1-12H3/b20-19+,30-25+/t31-,32+,33-,34-,35+,36+,37-,39-,40-,42+,43-,44-,45-,46-,47-,48-,49-,50+,51+,52-,53-/m1/s1. The van der Waals surface area contributed by atoms with Crippen LogP contribution >= 0.6 is 0 Å². The molecule has 0 aromatic heterocycles. The molecule has 4 fully saturated rings. The number of cyclic esters (lactones) is 1. The molecule has 21 atom stereocenters. The number of carbonyl (C=O) groups excluding carboxylic acids is 2. The Labute approximate surface area is 423 Å². The molecule has 0 unspecified atom stereocenters. The lowest BCUT2D eigenvalue weighted by Crippen LogP contribution is -2.65. The van der Waals surface area contributed by atoms with Gasteiger partial charge in [0.15, 0.2) is 24.7 Å². The van der Waals surface area contributed by atoms with E-state index in [1.165, 1.54) is 33.5 Å². The van der Waals surface area contributed by atoms with Crippen molar-refractivity contribution in [3.05, 3.63) is 23.8 Å². The fraction of sp³-hybridized carbons (Fsp3) is 0.887. The average molecular weight is 1010 g/mol. The molecule has 0 bridgehead atoms. The molecule has 5 aliphatic heterocycles. The van der Waals surface area contributed by atoms with Crippen LogP contribution in [0.5, 0.6) is 0 Å². The van der Waals surface area contributed by atoms with Crippen LogP contribution in [-0.2, 0) is 52.2 Å². The van der Waals surface area contributed by atoms with Gasteiger partial charge in [0.2, 0.25) is 0 Å². The number of ether oxygens (including phenoxy) is 9. The number of nitrogens with zero attached hydrogens (tertiary/aromatic N) is 2. The topological polar surface area (TPSA) is 225 Å². The molecule has 18 heteroatoms. The Morgan fingerprint density at radius 2 is 1.45 bits per heavy atom. The quantitative estimate of drug-likeness (QED) is 0.156. The van der Waals surface area contributed by atoms with Gasteiger partial charge in [-0.05, 0) is 112 Å². The number of hydrogen-bond donors (Lipinski definition) is 5. The molecule has 0 aromatic carbocycles. The molecule has 5 N–H and O–H groups in total. The zero-order valence-electron chi connectivity index (χ0n) is 44.8. The van der Waals surface area contributed by atoms with Crippen LogP contribution in [0.2, 0.25) is 0 Å². The fourth-order valence-electron chi connectivity index (χ4n) is 11.3. The van der Waals surface area contributed by atoms with E-state index in [9.17, 15) is 35.1 Å². The number of esters is 1. The highest BCUT2D eigenvalue weighted by atomic mass is 16.7. The predicted molar refractivity (Wildman–Crippen MR) is 264 cm³/mol. The van der Waals surface area contributed by atoms with Crippen molar-refractivity contribution in [1.82, 2.24) is 9.80 Å². The number of aliphatic hydroxyl groups excluding tert-OH is 4. The van der Waals surface area contributed by atoms with Crippen molar-refractivity contribution < 1.29 is 77.8 Å². The van der Waals surface area contributed by atoms with E-state index in [0.717, 1.165) is 38.0 Å². The first-order valence-corrected chi connectivity index (χ1v) is 26.5. The molecule has 4 saturated heterocycles. The summed E-state index contributed by atoms with van der Waals surface area (Å²) < 4.78 is 55.9.